The number of rotatable bonds is 2. The molecule has 1 saturated heterocycles. The van der Waals surface area contributed by atoms with E-state index in [1.54, 1.807) is 0 Å². The van der Waals surface area contributed by atoms with E-state index < -0.39 is 0 Å². The summed E-state index contributed by atoms with van der Waals surface area (Å²) in [6.45, 7) is 1.87. The fourth-order valence-electron chi connectivity index (χ4n) is 2.33. The predicted molar refractivity (Wildman–Crippen MR) is 66.4 cm³/mol. The zero-order chi connectivity index (χ0) is 11.4. The van der Waals surface area contributed by atoms with Gasteiger partial charge in [-0.1, -0.05) is 30.3 Å². The summed E-state index contributed by atoms with van der Waals surface area (Å²) in [5.41, 5.74) is 6.89. The summed E-state index contributed by atoms with van der Waals surface area (Å²) in [5, 5.41) is 7.38. The zero-order valence-corrected chi connectivity index (χ0v) is 9.52. The van der Waals surface area contributed by atoms with Gasteiger partial charge in [0, 0.05) is 13.1 Å². The van der Waals surface area contributed by atoms with Gasteiger partial charge >= 0.3 is 0 Å². The summed E-state index contributed by atoms with van der Waals surface area (Å²) in [6, 6.07) is 10.6. The van der Waals surface area contributed by atoms with Crippen molar-refractivity contribution in [3.8, 4) is 0 Å². The van der Waals surface area contributed by atoms with Gasteiger partial charge in [0.2, 0.25) is 0 Å². The maximum Gasteiger partial charge on any atom is 0.188 e. The van der Waals surface area contributed by atoms with Crippen molar-refractivity contribution in [2.45, 2.75) is 19.3 Å². The van der Waals surface area contributed by atoms with Crippen molar-refractivity contribution in [3.63, 3.8) is 0 Å². The third-order valence-corrected chi connectivity index (χ3v) is 3.32. The number of benzene rings is 1. The van der Waals surface area contributed by atoms with Gasteiger partial charge in [-0.15, -0.1) is 0 Å². The molecule has 1 heterocycles. The Bertz CT molecular complexity index is 339. The smallest absolute Gasteiger partial charge is 0.188 e. The average Bonchev–Trinajstić information content (AvgIpc) is 2.31. The van der Waals surface area contributed by atoms with Gasteiger partial charge in [0.05, 0.1) is 0 Å². The number of nitrogens with two attached hydrogens (primary N) is 1. The lowest BCUT2D eigenvalue weighted by atomic mass is 9.90. The second kappa shape index (κ2) is 5.01. The zero-order valence-electron chi connectivity index (χ0n) is 9.52. The molecule has 16 heavy (non-hydrogen) atoms. The molecule has 0 spiro atoms. The van der Waals surface area contributed by atoms with Crippen LogP contribution in [0.5, 0.6) is 0 Å². The topological polar surface area (TPSA) is 53.1 Å². The number of hydrogen-bond donors (Lipinski definition) is 2. The molecule has 0 amide bonds. The van der Waals surface area contributed by atoms with Crippen molar-refractivity contribution >= 4 is 5.96 Å². The molecular weight excluding hydrogens is 198 g/mol. The van der Waals surface area contributed by atoms with Gasteiger partial charge in [-0.2, -0.15) is 0 Å². The SMILES string of the molecule is N=C(N)N1CCC(Cc2ccccc2)CC1. The number of guanidine groups is 1. The minimum atomic E-state index is 0.221. The Kier molecular flexibility index (Phi) is 3.44. The third kappa shape index (κ3) is 2.75. The lowest BCUT2D eigenvalue weighted by Crippen LogP contribution is -2.42. The molecule has 1 aromatic carbocycles. The number of likely N-dealkylation sites (tertiary alicyclic amines) is 1. The van der Waals surface area contributed by atoms with Gasteiger partial charge in [0.1, 0.15) is 0 Å². The summed E-state index contributed by atoms with van der Waals surface area (Å²) in [5.74, 6) is 0.969. The van der Waals surface area contributed by atoms with E-state index in [-0.39, 0.29) is 5.96 Å². The molecule has 0 bridgehead atoms. The number of hydrogen-bond acceptors (Lipinski definition) is 1. The largest absolute Gasteiger partial charge is 0.370 e. The lowest BCUT2D eigenvalue weighted by Gasteiger charge is -2.32. The quantitative estimate of drug-likeness (QED) is 0.586. The number of nitrogens with zero attached hydrogens (tertiary/aromatic N) is 1. The Morgan fingerprint density at radius 1 is 1.25 bits per heavy atom. The molecule has 1 fully saturated rings. The predicted octanol–water partition coefficient (Wildman–Crippen LogP) is 1.83. The van der Waals surface area contributed by atoms with Crippen LogP contribution >= 0.6 is 0 Å². The van der Waals surface area contributed by atoms with Crippen LogP contribution in [0, 0.1) is 11.3 Å². The van der Waals surface area contributed by atoms with E-state index >= 15 is 0 Å². The Hall–Kier alpha value is -1.51. The number of piperidine rings is 1. The highest BCUT2D eigenvalue weighted by atomic mass is 15.2. The molecule has 3 N–H and O–H groups in total. The maximum absolute atomic E-state index is 7.38. The second-order valence-corrected chi connectivity index (χ2v) is 4.51. The summed E-state index contributed by atoms with van der Waals surface area (Å²) < 4.78 is 0. The highest BCUT2D eigenvalue weighted by Gasteiger charge is 2.19. The van der Waals surface area contributed by atoms with Crippen molar-refractivity contribution in [2.75, 3.05) is 13.1 Å². The van der Waals surface area contributed by atoms with Gasteiger partial charge in [-0.25, -0.2) is 0 Å². The van der Waals surface area contributed by atoms with Gasteiger partial charge < -0.3 is 10.6 Å². The summed E-state index contributed by atoms with van der Waals surface area (Å²) in [7, 11) is 0. The van der Waals surface area contributed by atoms with Crippen LogP contribution in [0.15, 0.2) is 30.3 Å². The molecule has 0 aromatic heterocycles. The molecule has 0 radical (unpaired) electrons. The van der Waals surface area contributed by atoms with E-state index in [0.29, 0.717) is 0 Å². The van der Waals surface area contributed by atoms with Crippen LogP contribution < -0.4 is 5.73 Å². The first kappa shape index (κ1) is 11.0. The molecule has 0 unspecified atom stereocenters. The second-order valence-electron chi connectivity index (χ2n) is 4.51. The summed E-state index contributed by atoms with van der Waals surface area (Å²) in [6.07, 6.45) is 3.45. The Labute approximate surface area is 96.8 Å². The summed E-state index contributed by atoms with van der Waals surface area (Å²) in [4.78, 5) is 1.96. The molecule has 3 nitrogen and oxygen atoms in total. The highest BCUT2D eigenvalue weighted by Crippen LogP contribution is 2.21. The maximum atomic E-state index is 7.38. The first-order valence-corrected chi connectivity index (χ1v) is 5.88. The van der Waals surface area contributed by atoms with Crippen molar-refractivity contribution in [1.82, 2.24) is 4.90 Å². The molecule has 1 aromatic rings. The first-order chi connectivity index (χ1) is 7.75. The van der Waals surface area contributed by atoms with Crippen LogP contribution in [-0.2, 0) is 6.42 Å². The van der Waals surface area contributed by atoms with E-state index in [0.717, 1.165) is 38.3 Å². The highest BCUT2D eigenvalue weighted by molar-refractivity contribution is 5.74. The van der Waals surface area contributed by atoms with E-state index in [4.69, 9.17) is 11.1 Å². The third-order valence-electron chi connectivity index (χ3n) is 3.32. The molecule has 86 valence electrons. The Balaban J connectivity index is 1.84. The Morgan fingerprint density at radius 3 is 2.44 bits per heavy atom. The molecule has 0 saturated carbocycles. The number of nitrogens with one attached hydrogen (secondary N) is 1. The fourth-order valence-corrected chi connectivity index (χ4v) is 2.33. The van der Waals surface area contributed by atoms with Gasteiger partial charge in [-0.05, 0) is 30.7 Å². The van der Waals surface area contributed by atoms with Crippen LogP contribution in [0.1, 0.15) is 18.4 Å². The van der Waals surface area contributed by atoms with Crippen molar-refractivity contribution in [2.24, 2.45) is 11.7 Å². The van der Waals surface area contributed by atoms with Crippen LogP contribution in [0.4, 0.5) is 0 Å². The molecule has 2 rings (SSSR count). The monoisotopic (exact) mass is 217 g/mol. The van der Waals surface area contributed by atoms with Crippen molar-refractivity contribution in [3.05, 3.63) is 35.9 Å². The lowest BCUT2D eigenvalue weighted by molar-refractivity contribution is 0.262. The van der Waals surface area contributed by atoms with Gasteiger partial charge in [0.25, 0.3) is 0 Å². The molecule has 0 aliphatic carbocycles. The van der Waals surface area contributed by atoms with Crippen molar-refractivity contribution in [1.29, 1.82) is 5.41 Å². The Morgan fingerprint density at radius 2 is 1.88 bits per heavy atom. The minimum absolute atomic E-state index is 0.221. The van der Waals surface area contributed by atoms with Crippen LogP contribution in [0.25, 0.3) is 0 Å². The molecular formula is C13H19N3. The first-order valence-electron chi connectivity index (χ1n) is 5.88. The van der Waals surface area contributed by atoms with Gasteiger partial charge in [0.15, 0.2) is 5.96 Å². The van der Waals surface area contributed by atoms with Crippen LogP contribution in [-0.4, -0.2) is 23.9 Å². The fraction of sp³-hybridized carbons (Fsp3) is 0.462. The van der Waals surface area contributed by atoms with Crippen LogP contribution in [0.3, 0.4) is 0 Å². The molecule has 3 heteroatoms. The van der Waals surface area contributed by atoms with Crippen molar-refractivity contribution < 1.29 is 0 Å². The van der Waals surface area contributed by atoms with Crippen LogP contribution in [0.2, 0.25) is 0 Å². The molecule has 0 atom stereocenters. The standard InChI is InChI=1S/C13H19N3/c14-13(15)16-8-6-12(7-9-16)10-11-4-2-1-3-5-11/h1-5,12H,6-10H2,(H3,14,15). The van der Waals surface area contributed by atoms with E-state index in [9.17, 15) is 0 Å². The van der Waals surface area contributed by atoms with E-state index in [1.807, 2.05) is 4.90 Å². The average molecular weight is 217 g/mol. The summed E-state index contributed by atoms with van der Waals surface area (Å²) >= 11 is 0. The van der Waals surface area contributed by atoms with E-state index in [2.05, 4.69) is 30.3 Å². The van der Waals surface area contributed by atoms with E-state index in [1.165, 1.54) is 5.56 Å². The molecule has 1 aliphatic heterocycles. The normalized spacial score (nSPS) is 17.4. The van der Waals surface area contributed by atoms with Gasteiger partial charge in [-0.3, -0.25) is 5.41 Å². The minimum Gasteiger partial charge on any atom is -0.370 e. The molecule has 1 aliphatic rings.